The summed E-state index contributed by atoms with van der Waals surface area (Å²) in [4.78, 5) is 0. The molecule has 0 saturated heterocycles. The van der Waals surface area contributed by atoms with E-state index in [2.05, 4.69) is 50.8 Å². The first-order chi connectivity index (χ1) is 7.41. The second kappa shape index (κ2) is 2.81. The molecule has 1 saturated carbocycles. The number of aryl methyl sites for hydroxylation is 1. The maximum Gasteiger partial charge on any atom is 0.0564 e. The van der Waals surface area contributed by atoms with E-state index in [0.29, 0.717) is 10.5 Å². The summed E-state index contributed by atoms with van der Waals surface area (Å²) in [7, 11) is -1.13. The van der Waals surface area contributed by atoms with Crippen molar-refractivity contribution in [3.63, 3.8) is 0 Å². The topological polar surface area (TPSA) is 0 Å². The van der Waals surface area contributed by atoms with Crippen LogP contribution in [0.3, 0.4) is 0 Å². The van der Waals surface area contributed by atoms with Gasteiger partial charge in [-0.15, -0.1) is 0 Å². The molecule has 1 heteroatoms. The van der Waals surface area contributed by atoms with Gasteiger partial charge in [0.1, 0.15) is 0 Å². The molecule has 0 amide bonds. The first-order valence-electron chi connectivity index (χ1n) is 6.49. The van der Waals surface area contributed by atoms with Crippen molar-refractivity contribution in [3.05, 3.63) is 35.4 Å². The molecule has 0 spiro atoms. The van der Waals surface area contributed by atoms with Crippen LogP contribution in [0, 0.1) is 5.41 Å². The normalized spacial score (nSPS) is 36.5. The highest BCUT2D eigenvalue weighted by Crippen LogP contribution is 2.73. The average molecular weight is 230 g/mol. The molecule has 86 valence electrons. The zero-order chi connectivity index (χ0) is 11.6. The zero-order valence-corrected chi connectivity index (χ0v) is 11.9. The lowest BCUT2D eigenvalue weighted by molar-refractivity contribution is 0.451. The number of benzene rings is 1. The van der Waals surface area contributed by atoms with Crippen LogP contribution in [0.15, 0.2) is 24.3 Å². The van der Waals surface area contributed by atoms with Gasteiger partial charge in [0.15, 0.2) is 0 Å². The molecule has 0 N–H and O–H groups in total. The molecule has 2 aliphatic carbocycles. The van der Waals surface area contributed by atoms with Crippen molar-refractivity contribution >= 4 is 8.07 Å². The minimum absolute atomic E-state index is 0.592. The third-order valence-electron chi connectivity index (χ3n) is 5.26. The molecule has 1 aromatic rings. The average Bonchev–Trinajstić information content (AvgIpc) is 2.86. The monoisotopic (exact) mass is 230 g/mol. The van der Waals surface area contributed by atoms with Crippen molar-refractivity contribution in [1.29, 1.82) is 0 Å². The van der Waals surface area contributed by atoms with Crippen molar-refractivity contribution in [1.82, 2.24) is 0 Å². The highest BCUT2D eigenvalue weighted by molar-refractivity contribution is 6.80. The van der Waals surface area contributed by atoms with E-state index in [0.717, 1.165) is 0 Å². The Balaban J connectivity index is 2.21. The first kappa shape index (κ1) is 10.6. The second-order valence-electron chi connectivity index (χ2n) is 7.05. The molecule has 2 atom stereocenters. The molecule has 16 heavy (non-hydrogen) atoms. The van der Waals surface area contributed by atoms with Crippen molar-refractivity contribution < 1.29 is 0 Å². The maximum absolute atomic E-state index is 2.56. The van der Waals surface area contributed by atoms with E-state index in [1.807, 2.05) is 0 Å². The van der Waals surface area contributed by atoms with Gasteiger partial charge in [-0.2, -0.15) is 0 Å². The smallest absolute Gasteiger partial charge is 0.0564 e. The Morgan fingerprint density at radius 1 is 1.12 bits per heavy atom. The number of hydrogen-bond donors (Lipinski definition) is 0. The summed E-state index contributed by atoms with van der Waals surface area (Å²) in [5.74, 6) is 0. The third-order valence-corrected chi connectivity index (χ3v) is 8.87. The van der Waals surface area contributed by atoms with E-state index < -0.39 is 8.07 Å². The van der Waals surface area contributed by atoms with Gasteiger partial charge in [0, 0.05) is 0 Å². The van der Waals surface area contributed by atoms with E-state index in [4.69, 9.17) is 0 Å². The van der Waals surface area contributed by atoms with Gasteiger partial charge in [-0.1, -0.05) is 50.8 Å². The predicted octanol–water partition coefficient (Wildman–Crippen LogP) is 4.16. The molecule has 3 rings (SSSR count). The van der Waals surface area contributed by atoms with Crippen LogP contribution in [-0.4, -0.2) is 8.07 Å². The number of rotatable bonds is 1. The fourth-order valence-electron chi connectivity index (χ4n) is 4.40. The van der Waals surface area contributed by atoms with Gasteiger partial charge in [0.25, 0.3) is 0 Å². The van der Waals surface area contributed by atoms with Gasteiger partial charge in [-0.05, 0) is 40.8 Å². The van der Waals surface area contributed by atoms with Crippen LogP contribution >= 0.6 is 0 Å². The van der Waals surface area contributed by atoms with E-state index in [1.54, 1.807) is 11.1 Å². The highest BCUT2D eigenvalue weighted by Gasteiger charge is 2.71. The van der Waals surface area contributed by atoms with E-state index in [-0.39, 0.29) is 0 Å². The lowest BCUT2D eigenvalue weighted by atomic mass is 9.84. The van der Waals surface area contributed by atoms with Crippen LogP contribution in [0.4, 0.5) is 0 Å². The van der Waals surface area contributed by atoms with Crippen LogP contribution in [0.5, 0.6) is 0 Å². The molecule has 0 aromatic heterocycles. The van der Waals surface area contributed by atoms with Gasteiger partial charge < -0.3 is 0 Å². The third kappa shape index (κ3) is 1.05. The zero-order valence-electron chi connectivity index (χ0n) is 10.9. The van der Waals surface area contributed by atoms with Gasteiger partial charge >= 0.3 is 0 Å². The maximum atomic E-state index is 2.56. The summed E-state index contributed by atoms with van der Waals surface area (Å²) in [6.45, 7) is 10.2. The SMILES string of the molecule is CC12CCc3ccccc3C1([Si](C)(C)C)C2. The predicted molar refractivity (Wildman–Crippen MR) is 72.5 cm³/mol. The van der Waals surface area contributed by atoms with Gasteiger partial charge in [0.05, 0.1) is 8.07 Å². The molecule has 0 heterocycles. The number of hydrogen-bond acceptors (Lipinski definition) is 0. The molecular formula is C15H22Si. The van der Waals surface area contributed by atoms with Crippen LogP contribution in [0.25, 0.3) is 0 Å². The molecule has 0 radical (unpaired) electrons. The van der Waals surface area contributed by atoms with Crippen LogP contribution in [-0.2, 0) is 11.5 Å². The Kier molecular flexibility index (Phi) is 1.86. The van der Waals surface area contributed by atoms with Crippen molar-refractivity contribution in [2.75, 3.05) is 0 Å². The molecule has 2 aliphatic rings. The molecule has 0 nitrogen and oxygen atoms in total. The summed E-state index contributed by atoms with van der Waals surface area (Å²) in [5.41, 5.74) is 3.98. The molecule has 1 fully saturated rings. The molecular weight excluding hydrogens is 208 g/mol. The molecule has 0 aliphatic heterocycles. The van der Waals surface area contributed by atoms with Crippen molar-refractivity contribution in [2.24, 2.45) is 5.41 Å². The van der Waals surface area contributed by atoms with Crippen molar-refractivity contribution in [2.45, 2.75) is 50.9 Å². The summed E-state index contributed by atoms with van der Waals surface area (Å²) in [6, 6.07) is 9.22. The number of fused-ring (bicyclic) bond motifs is 3. The lowest BCUT2D eigenvalue weighted by Gasteiger charge is -2.39. The minimum atomic E-state index is -1.13. The van der Waals surface area contributed by atoms with Crippen molar-refractivity contribution in [3.8, 4) is 0 Å². The van der Waals surface area contributed by atoms with Gasteiger partial charge in [-0.25, -0.2) is 0 Å². The summed E-state index contributed by atoms with van der Waals surface area (Å²) in [6.07, 6.45) is 4.17. The standard InChI is InChI=1S/C15H22Si/c1-14-10-9-12-7-5-6-8-13(12)15(14,11-14)16(2,3)4/h5-8H,9-11H2,1-4H3. The summed E-state index contributed by atoms with van der Waals surface area (Å²) >= 11 is 0. The fourth-order valence-corrected chi connectivity index (χ4v) is 8.31. The Morgan fingerprint density at radius 2 is 1.81 bits per heavy atom. The fraction of sp³-hybridized carbons (Fsp3) is 0.600. The second-order valence-corrected chi connectivity index (χ2v) is 12.4. The van der Waals surface area contributed by atoms with Gasteiger partial charge in [-0.3, -0.25) is 0 Å². The van der Waals surface area contributed by atoms with Gasteiger partial charge in [0.2, 0.25) is 0 Å². The minimum Gasteiger partial charge on any atom is -0.0688 e. The Labute approximate surface area is 100 Å². The highest BCUT2D eigenvalue weighted by atomic mass is 28.3. The molecule has 1 aromatic carbocycles. The van der Waals surface area contributed by atoms with E-state index in [1.165, 1.54) is 19.3 Å². The van der Waals surface area contributed by atoms with Crippen LogP contribution in [0.2, 0.25) is 19.6 Å². The summed E-state index contributed by atoms with van der Waals surface area (Å²) in [5, 5.41) is 0.592. The van der Waals surface area contributed by atoms with Crippen LogP contribution in [0.1, 0.15) is 30.9 Å². The first-order valence-corrected chi connectivity index (χ1v) is 9.99. The lowest BCUT2D eigenvalue weighted by Crippen LogP contribution is -2.44. The Morgan fingerprint density at radius 3 is 2.50 bits per heavy atom. The van der Waals surface area contributed by atoms with Crippen LogP contribution < -0.4 is 0 Å². The Hall–Kier alpha value is -0.563. The largest absolute Gasteiger partial charge is 0.0688 e. The van der Waals surface area contributed by atoms with E-state index in [9.17, 15) is 0 Å². The summed E-state index contributed by atoms with van der Waals surface area (Å²) < 4.78 is 0. The van der Waals surface area contributed by atoms with E-state index >= 15 is 0 Å². The molecule has 2 unspecified atom stereocenters. The Bertz CT molecular complexity index is 443. The quantitative estimate of drug-likeness (QED) is 0.636. The molecule has 0 bridgehead atoms.